The Balaban J connectivity index is 1.28. The Kier molecular flexibility index (Phi) is 8.14. The van der Waals surface area contributed by atoms with Crippen LogP contribution in [0.3, 0.4) is 0 Å². The highest BCUT2D eigenvalue weighted by Crippen LogP contribution is 2.31. The molecule has 3 aromatic carbocycles. The van der Waals surface area contributed by atoms with Gasteiger partial charge in [0.15, 0.2) is 0 Å². The van der Waals surface area contributed by atoms with Crippen molar-refractivity contribution in [2.24, 2.45) is 15.9 Å². The first-order valence-electron chi connectivity index (χ1n) is 12.4. The van der Waals surface area contributed by atoms with E-state index in [-0.39, 0.29) is 12.4 Å². The Morgan fingerprint density at radius 2 is 1.95 bits per heavy atom. The number of rotatable bonds is 7. The molecule has 0 spiro atoms. The van der Waals surface area contributed by atoms with E-state index < -0.39 is 0 Å². The van der Waals surface area contributed by atoms with Gasteiger partial charge >= 0.3 is 0 Å². The van der Waals surface area contributed by atoms with E-state index in [1.54, 1.807) is 30.5 Å². The molecule has 0 radical (unpaired) electrons. The third kappa shape index (κ3) is 6.78. The normalized spacial score (nSPS) is 14.7. The Bertz CT molecular complexity index is 1520. The lowest BCUT2D eigenvalue weighted by atomic mass is 10.1. The van der Waals surface area contributed by atoms with Gasteiger partial charge in [-0.25, -0.2) is 14.4 Å². The highest BCUT2D eigenvalue weighted by molar-refractivity contribution is 6.32. The molecule has 11 heteroatoms. The highest BCUT2D eigenvalue weighted by Gasteiger charge is 2.15. The topological polar surface area (TPSA) is 104 Å². The molecule has 1 fully saturated rings. The first kappa shape index (κ1) is 26.3. The van der Waals surface area contributed by atoms with E-state index in [0.29, 0.717) is 28.1 Å². The Morgan fingerprint density at radius 3 is 2.74 bits per heavy atom. The second kappa shape index (κ2) is 12.1. The van der Waals surface area contributed by atoms with Gasteiger partial charge in [-0.1, -0.05) is 29.8 Å². The monoisotopic (exact) mass is 546 g/mol. The SMILES string of the molecule is CN1CCN(C(N)=NN=Cc2ccc3ncnc(Nc4ccc(OCc5cccc(F)c5)c(Cl)c4)c3c2)CC1. The minimum atomic E-state index is -0.309. The summed E-state index contributed by atoms with van der Waals surface area (Å²) in [6.07, 6.45) is 3.15. The second-order valence-corrected chi connectivity index (χ2v) is 9.59. The summed E-state index contributed by atoms with van der Waals surface area (Å²) < 4.78 is 19.2. The van der Waals surface area contributed by atoms with Crippen molar-refractivity contribution in [3.63, 3.8) is 0 Å². The molecule has 0 aliphatic carbocycles. The average Bonchev–Trinajstić information content (AvgIpc) is 2.93. The molecule has 0 saturated carbocycles. The molecule has 39 heavy (non-hydrogen) atoms. The molecule has 3 N–H and O–H groups in total. The van der Waals surface area contributed by atoms with Crippen LogP contribution in [0.2, 0.25) is 5.02 Å². The molecule has 1 aliphatic heterocycles. The van der Waals surface area contributed by atoms with Gasteiger partial charge in [-0.3, -0.25) is 0 Å². The summed E-state index contributed by atoms with van der Waals surface area (Å²) in [6, 6.07) is 17.3. The van der Waals surface area contributed by atoms with Gasteiger partial charge in [0.05, 0.1) is 16.8 Å². The number of fused-ring (bicyclic) bond motifs is 1. The molecule has 1 saturated heterocycles. The number of benzene rings is 3. The molecular weight excluding hydrogens is 519 g/mol. The van der Waals surface area contributed by atoms with E-state index in [9.17, 15) is 4.39 Å². The fourth-order valence-electron chi connectivity index (χ4n) is 4.13. The van der Waals surface area contributed by atoms with Crippen LogP contribution in [0, 0.1) is 5.82 Å². The van der Waals surface area contributed by atoms with Crippen LogP contribution >= 0.6 is 11.6 Å². The molecular formula is C28H28ClFN8O. The number of nitrogens with zero attached hydrogens (tertiary/aromatic N) is 6. The molecule has 4 aromatic rings. The number of piperazine rings is 1. The number of ether oxygens (including phenoxy) is 1. The summed E-state index contributed by atoms with van der Waals surface area (Å²) in [7, 11) is 2.09. The van der Waals surface area contributed by atoms with Crippen molar-refractivity contribution in [1.82, 2.24) is 19.8 Å². The molecule has 0 bridgehead atoms. The van der Waals surface area contributed by atoms with Crippen molar-refractivity contribution in [3.8, 4) is 5.75 Å². The number of likely N-dealkylation sites (N-methyl/N-ethyl adjacent to an activating group) is 1. The van der Waals surface area contributed by atoms with E-state index in [4.69, 9.17) is 22.1 Å². The van der Waals surface area contributed by atoms with E-state index in [0.717, 1.165) is 48.3 Å². The molecule has 1 aromatic heterocycles. The zero-order chi connectivity index (χ0) is 27.2. The fourth-order valence-corrected chi connectivity index (χ4v) is 4.36. The maximum Gasteiger partial charge on any atom is 0.216 e. The molecule has 5 rings (SSSR count). The largest absolute Gasteiger partial charge is 0.487 e. The zero-order valence-electron chi connectivity index (χ0n) is 21.4. The maximum absolute atomic E-state index is 13.4. The van der Waals surface area contributed by atoms with Crippen molar-refractivity contribution in [1.29, 1.82) is 0 Å². The standard InChI is InChI=1S/C28H28ClFN8O/c1-37-9-11-38(12-10-37)28(31)36-34-16-19-5-7-25-23(14-19)27(33-18-32-25)35-22-6-8-26(24(29)15-22)39-17-20-3-2-4-21(30)13-20/h2-8,13-16,18H,9-12,17H2,1H3,(H2,31,36)(H,32,33,35). The van der Waals surface area contributed by atoms with Crippen molar-refractivity contribution in [3.05, 3.63) is 89.0 Å². The van der Waals surface area contributed by atoms with Gasteiger partial charge in [0, 0.05) is 37.3 Å². The zero-order valence-corrected chi connectivity index (χ0v) is 22.1. The van der Waals surface area contributed by atoms with E-state index in [1.807, 2.05) is 29.2 Å². The maximum atomic E-state index is 13.4. The number of nitrogens with one attached hydrogen (secondary N) is 1. The lowest BCUT2D eigenvalue weighted by molar-refractivity contribution is 0.214. The Labute approximate surface area is 230 Å². The van der Waals surface area contributed by atoms with Crippen LogP contribution < -0.4 is 15.8 Å². The number of hydrogen-bond acceptors (Lipinski definition) is 7. The lowest BCUT2D eigenvalue weighted by Gasteiger charge is -2.32. The second-order valence-electron chi connectivity index (χ2n) is 9.18. The Hall–Kier alpha value is -4.28. The van der Waals surface area contributed by atoms with Crippen LogP contribution in [0.25, 0.3) is 10.9 Å². The minimum Gasteiger partial charge on any atom is -0.487 e. The van der Waals surface area contributed by atoms with Crippen molar-refractivity contribution in [2.75, 3.05) is 38.5 Å². The van der Waals surface area contributed by atoms with E-state index in [2.05, 4.69) is 37.4 Å². The third-order valence-electron chi connectivity index (χ3n) is 6.33. The summed E-state index contributed by atoms with van der Waals surface area (Å²) in [6.45, 7) is 3.74. The van der Waals surface area contributed by atoms with Crippen LogP contribution in [-0.2, 0) is 6.61 Å². The van der Waals surface area contributed by atoms with Gasteiger partial charge in [-0.15, -0.1) is 5.10 Å². The molecule has 2 heterocycles. The highest BCUT2D eigenvalue weighted by atomic mass is 35.5. The summed E-state index contributed by atoms with van der Waals surface area (Å²) in [5.41, 5.74) is 9.15. The molecule has 9 nitrogen and oxygen atoms in total. The molecule has 1 aliphatic rings. The predicted molar refractivity (Wildman–Crippen MR) is 153 cm³/mol. The van der Waals surface area contributed by atoms with Gasteiger partial charge in [-0.2, -0.15) is 5.10 Å². The van der Waals surface area contributed by atoms with Gasteiger partial charge in [0.25, 0.3) is 0 Å². The van der Waals surface area contributed by atoms with E-state index in [1.165, 1.54) is 18.5 Å². The predicted octanol–water partition coefficient (Wildman–Crippen LogP) is 4.64. The summed E-state index contributed by atoms with van der Waals surface area (Å²) in [4.78, 5) is 13.1. The minimum absolute atomic E-state index is 0.205. The van der Waals surface area contributed by atoms with Crippen LogP contribution in [0.5, 0.6) is 5.75 Å². The van der Waals surface area contributed by atoms with Crippen LogP contribution in [-0.4, -0.2) is 65.2 Å². The number of nitrogens with two attached hydrogens (primary N) is 1. The lowest BCUT2D eigenvalue weighted by Crippen LogP contribution is -2.49. The summed E-state index contributed by atoms with van der Waals surface area (Å²) in [5, 5.41) is 12.9. The van der Waals surface area contributed by atoms with Crippen LogP contribution in [0.15, 0.2) is 77.2 Å². The van der Waals surface area contributed by atoms with Crippen molar-refractivity contribution in [2.45, 2.75) is 6.61 Å². The number of aromatic nitrogens is 2. The number of hydrogen-bond donors (Lipinski definition) is 2. The third-order valence-corrected chi connectivity index (χ3v) is 6.63. The molecule has 0 atom stereocenters. The first-order valence-corrected chi connectivity index (χ1v) is 12.8. The average molecular weight is 547 g/mol. The first-order chi connectivity index (χ1) is 18.9. The smallest absolute Gasteiger partial charge is 0.216 e. The van der Waals surface area contributed by atoms with Crippen LogP contribution in [0.1, 0.15) is 11.1 Å². The van der Waals surface area contributed by atoms with Crippen molar-refractivity contribution < 1.29 is 9.13 Å². The molecule has 200 valence electrons. The van der Waals surface area contributed by atoms with Gasteiger partial charge in [0.2, 0.25) is 5.96 Å². The van der Waals surface area contributed by atoms with Gasteiger partial charge < -0.3 is 25.6 Å². The molecule has 0 unspecified atom stereocenters. The van der Waals surface area contributed by atoms with Gasteiger partial charge in [-0.05, 0) is 60.6 Å². The number of anilines is 2. The fraction of sp³-hybridized carbons (Fsp3) is 0.214. The van der Waals surface area contributed by atoms with Gasteiger partial charge in [0.1, 0.15) is 30.3 Å². The van der Waals surface area contributed by atoms with Crippen molar-refractivity contribution >= 4 is 46.2 Å². The van der Waals surface area contributed by atoms with Crippen LogP contribution in [0.4, 0.5) is 15.9 Å². The summed E-state index contributed by atoms with van der Waals surface area (Å²) in [5.74, 6) is 1.20. The quantitative estimate of drug-likeness (QED) is 0.198. The number of guanidine groups is 1. The Morgan fingerprint density at radius 1 is 1.10 bits per heavy atom. The number of halogens is 2. The summed E-state index contributed by atoms with van der Waals surface area (Å²) >= 11 is 6.46. The van der Waals surface area contributed by atoms with E-state index >= 15 is 0 Å². The molecule has 0 amide bonds.